The summed E-state index contributed by atoms with van der Waals surface area (Å²) in [7, 11) is 1.50. The van der Waals surface area contributed by atoms with Crippen LogP contribution in [0.3, 0.4) is 0 Å². The highest BCUT2D eigenvalue weighted by molar-refractivity contribution is 6.01. The normalized spacial score (nSPS) is 9.53. The molecule has 2 amide bonds. The maximum Gasteiger partial charge on any atom is 0.216 e. The van der Waals surface area contributed by atoms with E-state index < -0.39 is 0 Å². The number of benzene rings is 1. The van der Waals surface area contributed by atoms with Crippen molar-refractivity contribution in [2.45, 2.75) is 6.92 Å². The van der Waals surface area contributed by atoms with Gasteiger partial charge >= 0.3 is 0 Å². The molecule has 0 unspecified atom stereocenters. The van der Waals surface area contributed by atoms with Gasteiger partial charge in [-0.25, -0.2) is 0 Å². The number of nitrogens with zero attached hydrogens (tertiary/aromatic N) is 1. The van der Waals surface area contributed by atoms with E-state index in [1.807, 2.05) is 0 Å². The Morgan fingerprint density at radius 3 is 2.53 bits per heavy atom. The monoisotopic (exact) mass is 235 g/mol. The third-order valence-corrected chi connectivity index (χ3v) is 2.34. The molecule has 0 atom stereocenters. The molecule has 0 fully saturated rings. The summed E-state index contributed by atoms with van der Waals surface area (Å²) in [4.78, 5) is 33.5. The first kappa shape index (κ1) is 12.9. The molecule has 0 bridgehead atoms. The number of rotatable bonds is 6. The Hall–Kier alpha value is -2.17. The molecule has 5 nitrogen and oxygen atoms in total. The fraction of sp³-hybridized carbons (Fsp3) is 0.250. The molecular formula is C12H13NO4. The Morgan fingerprint density at radius 1 is 1.35 bits per heavy atom. The average molecular weight is 235 g/mol. The molecule has 0 aromatic heterocycles. The van der Waals surface area contributed by atoms with E-state index in [-0.39, 0.29) is 12.3 Å². The van der Waals surface area contributed by atoms with Gasteiger partial charge in [0, 0.05) is 5.56 Å². The minimum Gasteiger partial charge on any atom is -0.497 e. The molecule has 90 valence electrons. The van der Waals surface area contributed by atoms with Crippen LogP contribution in [0.25, 0.3) is 0 Å². The summed E-state index contributed by atoms with van der Waals surface area (Å²) in [5.74, 6) is 0.253. The molecule has 1 aromatic carbocycles. The maximum absolute atomic E-state index is 11.8. The molecule has 1 aromatic rings. The Morgan fingerprint density at radius 2 is 2.00 bits per heavy atom. The summed E-state index contributed by atoms with van der Waals surface area (Å²) < 4.78 is 5.01. The number of carbonyl (C=O) groups is 3. The molecule has 0 N–H and O–H groups in total. The highest BCUT2D eigenvalue weighted by Gasteiger charge is 2.13. The molecule has 0 spiro atoms. The predicted octanol–water partition coefficient (Wildman–Crippen LogP) is 0.801. The smallest absolute Gasteiger partial charge is 0.216 e. The third-order valence-electron chi connectivity index (χ3n) is 2.34. The molecule has 5 heteroatoms. The number of amides is 2. The topological polar surface area (TPSA) is 63.7 Å². The van der Waals surface area contributed by atoms with Crippen molar-refractivity contribution in [3.63, 3.8) is 0 Å². The number of Topliss-reactive ketones (excluding diaryl/α,β-unsaturated/α-hetero) is 1. The minimum atomic E-state index is -0.305. The zero-order chi connectivity index (χ0) is 12.8. The molecule has 17 heavy (non-hydrogen) atoms. The van der Waals surface area contributed by atoms with Crippen molar-refractivity contribution >= 4 is 18.6 Å². The van der Waals surface area contributed by atoms with E-state index in [1.165, 1.54) is 7.11 Å². The number of ether oxygens (including phenoxy) is 1. The standard InChI is InChI=1S/C12H13NO4/c1-9-3-4-10(17-2)5-11(9)12(16)6-13(7-14)8-15/h3-5,7-8H,6H2,1-2H3. The number of methoxy groups -OCH3 is 1. The van der Waals surface area contributed by atoms with Crippen LogP contribution >= 0.6 is 0 Å². The molecule has 0 aliphatic heterocycles. The van der Waals surface area contributed by atoms with Gasteiger partial charge in [0.1, 0.15) is 5.75 Å². The highest BCUT2D eigenvalue weighted by atomic mass is 16.5. The van der Waals surface area contributed by atoms with Crippen molar-refractivity contribution in [2.75, 3.05) is 13.7 Å². The lowest BCUT2D eigenvalue weighted by Crippen LogP contribution is -2.27. The zero-order valence-electron chi connectivity index (χ0n) is 9.67. The van der Waals surface area contributed by atoms with Crippen LogP contribution in [0, 0.1) is 6.92 Å². The second-order valence-electron chi connectivity index (χ2n) is 3.49. The van der Waals surface area contributed by atoms with Crippen molar-refractivity contribution < 1.29 is 19.1 Å². The number of aryl methyl sites for hydroxylation is 1. The van der Waals surface area contributed by atoms with Crippen molar-refractivity contribution in [3.8, 4) is 5.75 Å². The first-order valence-electron chi connectivity index (χ1n) is 4.96. The van der Waals surface area contributed by atoms with Crippen LogP contribution < -0.4 is 4.74 Å². The van der Waals surface area contributed by atoms with Gasteiger partial charge in [0.25, 0.3) is 0 Å². The summed E-state index contributed by atoms with van der Waals surface area (Å²) in [5.41, 5.74) is 1.21. The molecule has 0 saturated carbocycles. The fourth-order valence-electron chi connectivity index (χ4n) is 1.38. The van der Waals surface area contributed by atoms with Crippen molar-refractivity contribution in [1.82, 2.24) is 4.90 Å². The number of hydrogen-bond donors (Lipinski definition) is 0. The second-order valence-corrected chi connectivity index (χ2v) is 3.49. The van der Waals surface area contributed by atoms with Gasteiger partial charge in [-0.3, -0.25) is 19.3 Å². The Bertz CT molecular complexity index is 434. The van der Waals surface area contributed by atoms with Crippen LogP contribution in [0.1, 0.15) is 15.9 Å². The van der Waals surface area contributed by atoms with Crippen molar-refractivity contribution in [3.05, 3.63) is 29.3 Å². The van der Waals surface area contributed by atoms with Crippen LogP contribution in [0.5, 0.6) is 5.75 Å². The maximum atomic E-state index is 11.8. The van der Waals surface area contributed by atoms with E-state index in [0.29, 0.717) is 24.1 Å². The summed E-state index contributed by atoms with van der Waals surface area (Å²) in [6.45, 7) is 1.51. The SMILES string of the molecule is COc1ccc(C)c(C(=O)CN(C=O)C=O)c1. The molecular weight excluding hydrogens is 222 g/mol. The lowest BCUT2D eigenvalue weighted by Gasteiger charge is -2.10. The molecule has 0 saturated heterocycles. The molecule has 0 heterocycles. The van der Waals surface area contributed by atoms with Gasteiger partial charge in [-0.15, -0.1) is 0 Å². The summed E-state index contributed by atoms with van der Waals surface area (Å²) in [5, 5.41) is 0. The van der Waals surface area contributed by atoms with Gasteiger partial charge in [0.2, 0.25) is 12.8 Å². The van der Waals surface area contributed by atoms with Crippen molar-refractivity contribution in [1.29, 1.82) is 0 Å². The van der Waals surface area contributed by atoms with E-state index in [2.05, 4.69) is 0 Å². The predicted molar refractivity (Wildman–Crippen MR) is 60.9 cm³/mol. The number of imide groups is 1. The van der Waals surface area contributed by atoms with E-state index in [1.54, 1.807) is 25.1 Å². The van der Waals surface area contributed by atoms with Crippen LogP contribution in [-0.2, 0) is 9.59 Å². The quantitative estimate of drug-likeness (QED) is 0.540. The number of ketones is 1. The van der Waals surface area contributed by atoms with E-state index in [9.17, 15) is 14.4 Å². The van der Waals surface area contributed by atoms with Crippen molar-refractivity contribution in [2.24, 2.45) is 0 Å². The first-order valence-corrected chi connectivity index (χ1v) is 4.96. The molecule has 0 aliphatic rings. The lowest BCUT2D eigenvalue weighted by molar-refractivity contribution is -0.128. The largest absolute Gasteiger partial charge is 0.497 e. The van der Waals surface area contributed by atoms with Gasteiger partial charge in [0.15, 0.2) is 5.78 Å². The van der Waals surface area contributed by atoms with Crippen LogP contribution in [-0.4, -0.2) is 37.2 Å². The van der Waals surface area contributed by atoms with Gasteiger partial charge in [-0.2, -0.15) is 0 Å². The van der Waals surface area contributed by atoms with Crippen LogP contribution in [0.15, 0.2) is 18.2 Å². The Balaban J connectivity index is 2.94. The third kappa shape index (κ3) is 3.14. The van der Waals surface area contributed by atoms with Gasteiger partial charge in [0.05, 0.1) is 13.7 Å². The molecule has 1 rings (SSSR count). The van der Waals surface area contributed by atoms with Gasteiger partial charge in [-0.1, -0.05) is 6.07 Å². The van der Waals surface area contributed by atoms with E-state index >= 15 is 0 Å². The zero-order valence-corrected chi connectivity index (χ0v) is 9.67. The summed E-state index contributed by atoms with van der Waals surface area (Å²) in [6.07, 6.45) is 0.640. The van der Waals surface area contributed by atoms with E-state index in [0.717, 1.165) is 10.5 Å². The van der Waals surface area contributed by atoms with Gasteiger partial charge < -0.3 is 4.74 Å². The molecule has 0 radical (unpaired) electrons. The fourth-order valence-corrected chi connectivity index (χ4v) is 1.38. The number of hydrogen-bond acceptors (Lipinski definition) is 4. The second kappa shape index (κ2) is 5.79. The lowest BCUT2D eigenvalue weighted by atomic mass is 10.0. The number of carbonyl (C=O) groups excluding carboxylic acids is 3. The summed E-state index contributed by atoms with van der Waals surface area (Å²) in [6, 6.07) is 5.08. The molecule has 0 aliphatic carbocycles. The highest BCUT2D eigenvalue weighted by Crippen LogP contribution is 2.17. The van der Waals surface area contributed by atoms with Gasteiger partial charge in [-0.05, 0) is 24.6 Å². The van der Waals surface area contributed by atoms with Crippen LogP contribution in [0.4, 0.5) is 0 Å². The summed E-state index contributed by atoms with van der Waals surface area (Å²) >= 11 is 0. The first-order chi connectivity index (χ1) is 8.12. The Kier molecular flexibility index (Phi) is 4.39. The Labute approximate surface area is 99.0 Å². The van der Waals surface area contributed by atoms with Crippen LogP contribution in [0.2, 0.25) is 0 Å². The average Bonchev–Trinajstić information content (AvgIpc) is 2.36. The minimum absolute atomic E-state index is 0.263. The van der Waals surface area contributed by atoms with E-state index in [4.69, 9.17) is 4.74 Å².